The van der Waals surface area contributed by atoms with E-state index in [1.165, 1.54) is 57.8 Å². The molecule has 0 aliphatic heterocycles. The van der Waals surface area contributed by atoms with Crippen molar-refractivity contribution < 1.29 is 0 Å². The average Bonchev–Trinajstić information content (AvgIpc) is 2.35. The number of nitrogens with two attached hydrogens (primary N) is 1. The normalized spacial score (nSPS) is 15.0. The second-order valence-corrected chi connectivity index (χ2v) is 6.10. The Bertz CT molecular complexity index is 174. The van der Waals surface area contributed by atoms with Crippen LogP contribution in [0, 0.1) is 0 Å². The SMILES string of the molecule is CCCCCCCCCCCC(S)N(C)C(C)N. The highest BCUT2D eigenvalue weighted by Gasteiger charge is 2.12. The number of rotatable bonds is 12. The summed E-state index contributed by atoms with van der Waals surface area (Å²) >= 11 is 4.59. The molecule has 3 heteroatoms. The van der Waals surface area contributed by atoms with Gasteiger partial charge in [0.1, 0.15) is 0 Å². The second kappa shape index (κ2) is 12.3. The van der Waals surface area contributed by atoms with Crippen LogP contribution in [0.25, 0.3) is 0 Å². The first kappa shape index (κ1) is 18.3. The monoisotopic (exact) mass is 274 g/mol. The third-order valence-electron chi connectivity index (χ3n) is 3.68. The lowest BCUT2D eigenvalue weighted by Gasteiger charge is -2.27. The number of thiol groups is 1. The summed E-state index contributed by atoms with van der Waals surface area (Å²) in [5, 5.41) is 0.314. The highest BCUT2D eigenvalue weighted by molar-refractivity contribution is 7.80. The maximum Gasteiger partial charge on any atom is 0.0549 e. The molecule has 0 heterocycles. The fourth-order valence-corrected chi connectivity index (χ4v) is 2.51. The van der Waals surface area contributed by atoms with Crippen molar-refractivity contribution in [2.75, 3.05) is 7.05 Å². The van der Waals surface area contributed by atoms with Crippen LogP contribution in [0.15, 0.2) is 0 Å². The van der Waals surface area contributed by atoms with E-state index >= 15 is 0 Å². The van der Waals surface area contributed by atoms with Crippen LogP contribution in [-0.4, -0.2) is 23.5 Å². The maximum absolute atomic E-state index is 5.82. The summed E-state index contributed by atoms with van der Waals surface area (Å²) in [6, 6.07) is 0. The van der Waals surface area contributed by atoms with Crippen LogP contribution < -0.4 is 5.73 Å². The zero-order valence-corrected chi connectivity index (χ0v) is 13.6. The molecule has 2 nitrogen and oxygen atoms in total. The van der Waals surface area contributed by atoms with E-state index in [1.54, 1.807) is 0 Å². The molecular weight excluding hydrogens is 240 g/mol. The zero-order chi connectivity index (χ0) is 13.8. The lowest BCUT2D eigenvalue weighted by atomic mass is 10.1. The van der Waals surface area contributed by atoms with Crippen molar-refractivity contribution in [3.8, 4) is 0 Å². The molecule has 0 saturated heterocycles. The number of nitrogens with zero attached hydrogens (tertiary/aromatic N) is 1. The van der Waals surface area contributed by atoms with E-state index in [0.29, 0.717) is 5.37 Å². The first-order valence-electron chi connectivity index (χ1n) is 7.75. The zero-order valence-electron chi connectivity index (χ0n) is 12.7. The predicted octanol–water partition coefficient (Wildman–Crippen LogP) is 4.40. The maximum atomic E-state index is 5.82. The number of unbranched alkanes of at least 4 members (excludes halogenated alkanes) is 8. The Hall–Kier alpha value is 0.270. The van der Waals surface area contributed by atoms with Crippen molar-refractivity contribution in [2.45, 2.75) is 89.6 Å². The largest absolute Gasteiger partial charge is 0.316 e. The first-order valence-corrected chi connectivity index (χ1v) is 8.26. The Morgan fingerprint density at radius 2 is 1.39 bits per heavy atom. The quantitative estimate of drug-likeness (QED) is 0.314. The molecule has 0 radical (unpaired) electrons. The van der Waals surface area contributed by atoms with Gasteiger partial charge in [-0.1, -0.05) is 64.7 Å². The van der Waals surface area contributed by atoms with Crippen LogP contribution in [0.1, 0.15) is 78.1 Å². The Morgan fingerprint density at radius 1 is 0.944 bits per heavy atom. The van der Waals surface area contributed by atoms with E-state index in [0.717, 1.165) is 6.42 Å². The van der Waals surface area contributed by atoms with Gasteiger partial charge in [0.2, 0.25) is 0 Å². The van der Waals surface area contributed by atoms with Crippen LogP contribution in [0.3, 0.4) is 0 Å². The Kier molecular flexibility index (Phi) is 12.5. The third kappa shape index (κ3) is 10.2. The van der Waals surface area contributed by atoms with Crippen LogP contribution in [-0.2, 0) is 0 Å². The Morgan fingerprint density at radius 3 is 1.83 bits per heavy atom. The minimum Gasteiger partial charge on any atom is -0.316 e. The molecule has 0 saturated carbocycles. The van der Waals surface area contributed by atoms with Gasteiger partial charge in [-0.2, -0.15) is 12.6 Å². The third-order valence-corrected chi connectivity index (χ3v) is 4.30. The van der Waals surface area contributed by atoms with Crippen molar-refractivity contribution in [3.63, 3.8) is 0 Å². The molecule has 0 fully saturated rings. The van der Waals surface area contributed by atoms with Gasteiger partial charge < -0.3 is 5.73 Å². The molecule has 0 spiro atoms. The fourth-order valence-electron chi connectivity index (χ4n) is 2.11. The van der Waals surface area contributed by atoms with Gasteiger partial charge in [-0.3, -0.25) is 4.90 Å². The van der Waals surface area contributed by atoms with Crippen molar-refractivity contribution in [1.82, 2.24) is 4.90 Å². The molecule has 0 rings (SSSR count). The fraction of sp³-hybridized carbons (Fsp3) is 1.00. The molecule has 0 aromatic carbocycles. The molecule has 110 valence electrons. The summed E-state index contributed by atoms with van der Waals surface area (Å²) in [7, 11) is 2.05. The van der Waals surface area contributed by atoms with Crippen molar-refractivity contribution in [3.05, 3.63) is 0 Å². The van der Waals surface area contributed by atoms with Gasteiger partial charge in [0, 0.05) is 0 Å². The van der Waals surface area contributed by atoms with Gasteiger partial charge in [-0.05, 0) is 20.4 Å². The van der Waals surface area contributed by atoms with E-state index in [4.69, 9.17) is 5.73 Å². The van der Waals surface area contributed by atoms with Crippen LogP contribution >= 0.6 is 12.6 Å². The van der Waals surface area contributed by atoms with Gasteiger partial charge in [0.15, 0.2) is 0 Å². The van der Waals surface area contributed by atoms with E-state index in [9.17, 15) is 0 Å². The lowest BCUT2D eigenvalue weighted by Crippen LogP contribution is -2.41. The topological polar surface area (TPSA) is 29.3 Å². The number of hydrogen-bond donors (Lipinski definition) is 2. The van der Waals surface area contributed by atoms with Gasteiger partial charge >= 0.3 is 0 Å². The average molecular weight is 275 g/mol. The van der Waals surface area contributed by atoms with Crippen molar-refractivity contribution in [2.24, 2.45) is 5.73 Å². The van der Waals surface area contributed by atoms with Gasteiger partial charge in [-0.25, -0.2) is 0 Å². The molecule has 2 atom stereocenters. The Balaban J connectivity index is 3.25. The molecule has 0 bridgehead atoms. The molecule has 2 unspecified atom stereocenters. The summed E-state index contributed by atoms with van der Waals surface area (Å²) in [6.07, 6.45) is 13.7. The summed E-state index contributed by atoms with van der Waals surface area (Å²) in [5.41, 5.74) is 5.82. The molecule has 0 aromatic rings. The molecule has 0 amide bonds. The summed E-state index contributed by atoms with van der Waals surface area (Å²) < 4.78 is 0. The van der Waals surface area contributed by atoms with E-state index in [2.05, 4.69) is 31.5 Å². The molecule has 0 aliphatic rings. The van der Waals surface area contributed by atoms with Gasteiger partial charge in [0.05, 0.1) is 11.5 Å². The molecule has 2 N–H and O–H groups in total. The minimum absolute atomic E-state index is 0.103. The summed E-state index contributed by atoms with van der Waals surface area (Å²) in [6.45, 7) is 4.28. The molecule has 18 heavy (non-hydrogen) atoms. The second-order valence-electron chi connectivity index (χ2n) is 5.50. The van der Waals surface area contributed by atoms with E-state index in [1.807, 2.05) is 6.92 Å². The highest BCUT2D eigenvalue weighted by Crippen LogP contribution is 2.15. The molecule has 0 aromatic heterocycles. The van der Waals surface area contributed by atoms with Crippen LogP contribution in [0.2, 0.25) is 0 Å². The van der Waals surface area contributed by atoms with Crippen LogP contribution in [0.5, 0.6) is 0 Å². The number of hydrogen-bond acceptors (Lipinski definition) is 3. The van der Waals surface area contributed by atoms with Gasteiger partial charge in [0.25, 0.3) is 0 Å². The van der Waals surface area contributed by atoms with E-state index < -0.39 is 0 Å². The molecular formula is C15H34N2S. The standard InChI is InChI=1S/C15H34N2S/c1-4-5-6-7-8-9-10-11-12-13-15(18)17(3)14(2)16/h14-15,18H,4-13,16H2,1-3H3. The summed E-state index contributed by atoms with van der Waals surface area (Å²) in [5.74, 6) is 0. The minimum atomic E-state index is 0.103. The van der Waals surface area contributed by atoms with Crippen molar-refractivity contribution >= 4 is 12.6 Å². The first-order chi connectivity index (χ1) is 8.59. The molecule has 0 aliphatic carbocycles. The summed E-state index contributed by atoms with van der Waals surface area (Å²) in [4.78, 5) is 2.13. The predicted molar refractivity (Wildman–Crippen MR) is 86.0 cm³/mol. The lowest BCUT2D eigenvalue weighted by molar-refractivity contribution is 0.235. The van der Waals surface area contributed by atoms with E-state index in [-0.39, 0.29) is 6.17 Å². The highest BCUT2D eigenvalue weighted by atomic mass is 32.1. The van der Waals surface area contributed by atoms with Gasteiger partial charge in [-0.15, -0.1) is 0 Å². The smallest absolute Gasteiger partial charge is 0.0549 e. The van der Waals surface area contributed by atoms with Crippen LogP contribution in [0.4, 0.5) is 0 Å². The Labute approximate surface area is 120 Å². The van der Waals surface area contributed by atoms with Crippen molar-refractivity contribution in [1.29, 1.82) is 0 Å².